The van der Waals surface area contributed by atoms with Crippen molar-refractivity contribution in [2.75, 3.05) is 13.2 Å². The molecule has 0 saturated heterocycles. The van der Waals surface area contributed by atoms with Gasteiger partial charge in [0.2, 0.25) is 0 Å². The van der Waals surface area contributed by atoms with Crippen molar-refractivity contribution in [2.24, 2.45) is 0 Å². The monoisotopic (exact) mass is 232 g/mol. The predicted molar refractivity (Wildman–Crippen MR) is 66.0 cm³/mol. The largest absolute Gasteiger partial charge is 0.492 e. The molecule has 3 heteroatoms. The number of hydrogen-bond acceptors (Lipinski definition) is 3. The summed E-state index contributed by atoms with van der Waals surface area (Å²) in [5.41, 5.74) is 2.60. The Hall–Kier alpha value is -1.77. The van der Waals surface area contributed by atoms with Gasteiger partial charge < -0.3 is 9.47 Å². The first-order valence-corrected chi connectivity index (χ1v) is 5.66. The van der Waals surface area contributed by atoms with Gasteiger partial charge in [0.25, 0.3) is 0 Å². The molecule has 0 bridgehead atoms. The van der Waals surface area contributed by atoms with E-state index in [9.17, 15) is 4.79 Å². The molecule has 1 heterocycles. The SMILES string of the molecule is C=C(C)COc1ccc(C(C)=O)c2c1CCO2. The van der Waals surface area contributed by atoms with Gasteiger partial charge in [0.1, 0.15) is 18.1 Å². The van der Waals surface area contributed by atoms with Crippen LogP contribution in [0.15, 0.2) is 24.3 Å². The topological polar surface area (TPSA) is 35.5 Å². The molecule has 0 amide bonds. The Morgan fingerprint density at radius 3 is 2.88 bits per heavy atom. The third kappa shape index (κ3) is 2.33. The summed E-state index contributed by atoms with van der Waals surface area (Å²) in [5, 5.41) is 0. The summed E-state index contributed by atoms with van der Waals surface area (Å²) in [7, 11) is 0. The van der Waals surface area contributed by atoms with Gasteiger partial charge in [-0.3, -0.25) is 4.79 Å². The highest BCUT2D eigenvalue weighted by atomic mass is 16.5. The molecule has 0 unspecified atom stereocenters. The Bertz CT molecular complexity index is 475. The van der Waals surface area contributed by atoms with Crippen molar-refractivity contribution >= 4 is 5.78 Å². The second-order valence-corrected chi connectivity index (χ2v) is 4.32. The maximum absolute atomic E-state index is 11.4. The molecule has 0 aliphatic carbocycles. The molecular formula is C14H16O3. The first-order chi connectivity index (χ1) is 8.09. The van der Waals surface area contributed by atoms with E-state index in [0.29, 0.717) is 24.5 Å². The number of fused-ring (bicyclic) bond motifs is 1. The molecule has 0 N–H and O–H groups in total. The van der Waals surface area contributed by atoms with E-state index in [1.165, 1.54) is 0 Å². The molecule has 1 aliphatic heterocycles. The second kappa shape index (κ2) is 4.62. The van der Waals surface area contributed by atoms with Crippen LogP contribution in [0.4, 0.5) is 0 Å². The number of carbonyl (C=O) groups is 1. The van der Waals surface area contributed by atoms with E-state index in [0.717, 1.165) is 23.3 Å². The Kier molecular flexibility index (Phi) is 3.18. The van der Waals surface area contributed by atoms with E-state index < -0.39 is 0 Å². The highest BCUT2D eigenvalue weighted by Crippen LogP contribution is 2.37. The number of Topliss-reactive ketones (excluding diaryl/α,β-unsaturated/α-hetero) is 1. The maximum Gasteiger partial charge on any atom is 0.163 e. The maximum atomic E-state index is 11.4. The van der Waals surface area contributed by atoms with Gasteiger partial charge in [-0.15, -0.1) is 0 Å². The number of hydrogen-bond donors (Lipinski definition) is 0. The van der Waals surface area contributed by atoms with Gasteiger partial charge in [0.05, 0.1) is 12.2 Å². The molecule has 2 rings (SSSR count). The van der Waals surface area contributed by atoms with E-state index in [2.05, 4.69) is 6.58 Å². The summed E-state index contributed by atoms with van der Waals surface area (Å²) in [6, 6.07) is 3.60. The van der Waals surface area contributed by atoms with Gasteiger partial charge in [-0.1, -0.05) is 6.58 Å². The van der Waals surface area contributed by atoms with Crippen molar-refractivity contribution in [2.45, 2.75) is 20.3 Å². The van der Waals surface area contributed by atoms with Crippen molar-refractivity contribution in [3.05, 3.63) is 35.4 Å². The van der Waals surface area contributed by atoms with Gasteiger partial charge in [-0.05, 0) is 31.6 Å². The van der Waals surface area contributed by atoms with Crippen molar-refractivity contribution < 1.29 is 14.3 Å². The first kappa shape index (κ1) is 11.7. The van der Waals surface area contributed by atoms with Crippen molar-refractivity contribution in [1.29, 1.82) is 0 Å². The summed E-state index contributed by atoms with van der Waals surface area (Å²) < 4.78 is 11.2. The van der Waals surface area contributed by atoms with Crippen LogP contribution in [0.1, 0.15) is 29.8 Å². The third-order valence-electron chi connectivity index (χ3n) is 2.67. The Morgan fingerprint density at radius 2 is 2.24 bits per heavy atom. The minimum atomic E-state index is 0.0228. The zero-order valence-corrected chi connectivity index (χ0v) is 10.2. The fourth-order valence-electron chi connectivity index (χ4n) is 1.88. The molecule has 0 atom stereocenters. The lowest BCUT2D eigenvalue weighted by Crippen LogP contribution is -2.02. The number of ether oxygens (including phenoxy) is 2. The van der Waals surface area contributed by atoms with Crippen LogP contribution in [0.25, 0.3) is 0 Å². The molecule has 0 saturated carbocycles. The summed E-state index contributed by atoms with van der Waals surface area (Å²) in [5.74, 6) is 1.51. The molecule has 90 valence electrons. The van der Waals surface area contributed by atoms with Gasteiger partial charge in [0, 0.05) is 12.0 Å². The van der Waals surface area contributed by atoms with Crippen LogP contribution in [-0.4, -0.2) is 19.0 Å². The van der Waals surface area contributed by atoms with Gasteiger partial charge >= 0.3 is 0 Å². The number of ketones is 1. The molecule has 0 fully saturated rings. The fraction of sp³-hybridized carbons (Fsp3) is 0.357. The molecule has 1 aromatic rings. The van der Waals surface area contributed by atoms with Crippen molar-refractivity contribution in [1.82, 2.24) is 0 Å². The highest BCUT2D eigenvalue weighted by Gasteiger charge is 2.22. The standard InChI is InChI=1S/C14H16O3/c1-9(2)8-17-13-5-4-11(10(3)15)14-12(13)6-7-16-14/h4-5H,1,6-8H2,2-3H3. The molecule has 1 aromatic carbocycles. The smallest absolute Gasteiger partial charge is 0.163 e. The average Bonchev–Trinajstić information content (AvgIpc) is 2.73. The Labute approximate surface area is 101 Å². The Morgan fingerprint density at radius 1 is 1.47 bits per heavy atom. The quantitative estimate of drug-likeness (QED) is 0.591. The lowest BCUT2D eigenvalue weighted by atomic mass is 10.0. The van der Waals surface area contributed by atoms with Crippen LogP contribution >= 0.6 is 0 Å². The third-order valence-corrected chi connectivity index (χ3v) is 2.67. The zero-order chi connectivity index (χ0) is 12.4. The summed E-state index contributed by atoms with van der Waals surface area (Å²) in [4.78, 5) is 11.4. The van der Waals surface area contributed by atoms with E-state index in [1.54, 1.807) is 13.0 Å². The average molecular weight is 232 g/mol. The van der Waals surface area contributed by atoms with Crippen LogP contribution in [0, 0.1) is 0 Å². The van der Waals surface area contributed by atoms with Crippen LogP contribution < -0.4 is 9.47 Å². The first-order valence-electron chi connectivity index (χ1n) is 5.66. The van der Waals surface area contributed by atoms with Crippen molar-refractivity contribution in [3.8, 4) is 11.5 Å². The minimum absolute atomic E-state index is 0.0228. The summed E-state index contributed by atoms with van der Waals surface area (Å²) in [6.07, 6.45) is 0.794. The van der Waals surface area contributed by atoms with Gasteiger partial charge in [-0.25, -0.2) is 0 Å². The number of benzene rings is 1. The number of carbonyl (C=O) groups excluding carboxylic acids is 1. The molecule has 0 spiro atoms. The molecule has 0 radical (unpaired) electrons. The van der Waals surface area contributed by atoms with Crippen LogP contribution in [0.5, 0.6) is 11.5 Å². The molecule has 1 aliphatic rings. The zero-order valence-electron chi connectivity index (χ0n) is 10.2. The molecule has 3 nitrogen and oxygen atoms in total. The molecular weight excluding hydrogens is 216 g/mol. The van der Waals surface area contributed by atoms with Crippen LogP contribution in [0.3, 0.4) is 0 Å². The fourth-order valence-corrected chi connectivity index (χ4v) is 1.88. The van der Waals surface area contributed by atoms with Crippen LogP contribution in [0.2, 0.25) is 0 Å². The predicted octanol–water partition coefficient (Wildman–Crippen LogP) is 2.78. The molecule has 17 heavy (non-hydrogen) atoms. The van der Waals surface area contributed by atoms with Gasteiger partial charge in [-0.2, -0.15) is 0 Å². The summed E-state index contributed by atoms with van der Waals surface area (Å²) in [6.45, 7) is 8.37. The van der Waals surface area contributed by atoms with E-state index >= 15 is 0 Å². The minimum Gasteiger partial charge on any atom is -0.492 e. The normalized spacial score (nSPS) is 12.8. The highest BCUT2D eigenvalue weighted by molar-refractivity contribution is 5.97. The summed E-state index contributed by atoms with van der Waals surface area (Å²) >= 11 is 0. The lowest BCUT2D eigenvalue weighted by Gasteiger charge is -2.11. The number of rotatable bonds is 4. The molecule has 0 aromatic heterocycles. The van der Waals surface area contributed by atoms with E-state index in [-0.39, 0.29) is 5.78 Å². The van der Waals surface area contributed by atoms with Crippen molar-refractivity contribution in [3.63, 3.8) is 0 Å². The second-order valence-electron chi connectivity index (χ2n) is 4.32. The van der Waals surface area contributed by atoms with E-state index in [4.69, 9.17) is 9.47 Å². The van der Waals surface area contributed by atoms with Gasteiger partial charge in [0.15, 0.2) is 5.78 Å². The van der Waals surface area contributed by atoms with E-state index in [1.807, 2.05) is 13.0 Å². The van der Waals surface area contributed by atoms with Crippen LogP contribution in [-0.2, 0) is 6.42 Å². The lowest BCUT2D eigenvalue weighted by molar-refractivity contribution is 0.101. The Balaban J connectivity index is 2.34.